The Morgan fingerprint density at radius 2 is 2.16 bits per heavy atom. The molecule has 3 N–H and O–H groups in total. The number of benzene rings is 1. The van der Waals surface area contributed by atoms with Crippen LogP contribution in [0.25, 0.3) is 0 Å². The van der Waals surface area contributed by atoms with E-state index < -0.39 is 0 Å². The summed E-state index contributed by atoms with van der Waals surface area (Å²) >= 11 is 0. The number of hydrogen-bond acceptors (Lipinski definition) is 3. The Hall–Kier alpha value is -1.39. The second-order valence-corrected chi connectivity index (χ2v) is 5.36. The topological polar surface area (TPSA) is 58.4 Å². The molecule has 1 aliphatic rings. The van der Waals surface area contributed by atoms with E-state index in [1.807, 2.05) is 24.1 Å². The second-order valence-electron chi connectivity index (χ2n) is 5.36. The minimum Gasteiger partial charge on any atom is -0.352 e. The molecule has 0 saturated heterocycles. The largest absolute Gasteiger partial charge is 0.352 e. The van der Waals surface area contributed by atoms with Gasteiger partial charge >= 0.3 is 0 Å². The fourth-order valence-electron chi connectivity index (χ4n) is 2.34. The summed E-state index contributed by atoms with van der Waals surface area (Å²) in [5, 5.41) is 3.01. The maximum Gasteiger partial charge on any atom is 0.234 e. The van der Waals surface area contributed by atoms with Gasteiger partial charge in [-0.05, 0) is 37.9 Å². The predicted molar refractivity (Wildman–Crippen MR) is 76.8 cm³/mol. The molecule has 1 unspecified atom stereocenters. The lowest BCUT2D eigenvalue weighted by atomic mass is 10.0. The van der Waals surface area contributed by atoms with Gasteiger partial charge in [-0.3, -0.25) is 9.69 Å². The highest BCUT2D eigenvalue weighted by atomic mass is 16.2. The Bertz CT molecular complexity index is 443. The summed E-state index contributed by atoms with van der Waals surface area (Å²) in [7, 11) is 1.95. The van der Waals surface area contributed by atoms with Gasteiger partial charge in [-0.2, -0.15) is 0 Å². The molecule has 0 aliphatic heterocycles. The number of nitrogens with zero attached hydrogens (tertiary/aromatic N) is 1. The maximum atomic E-state index is 11.8. The molecule has 1 aromatic carbocycles. The van der Waals surface area contributed by atoms with E-state index in [2.05, 4.69) is 24.4 Å². The van der Waals surface area contributed by atoms with Crippen LogP contribution in [0, 0.1) is 6.92 Å². The Labute approximate surface area is 115 Å². The highest BCUT2D eigenvalue weighted by molar-refractivity contribution is 5.78. The third-order valence-electron chi connectivity index (χ3n) is 3.64. The molecule has 1 atom stereocenters. The van der Waals surface area contributed by atoms with Crippen molar-refractivity contribution in [3.63, 3.8) is 0 Å². The minimum absolute atomic E-state index is 0.0890. The number of rotatable bonds is 6. The summed E-state index contributed by atoms with van der Waals surface area (Å²) in [4.78, 5) is 13.9. The molecular weight excluding hydrogens is 238 g/mol. The standard InChI is InChI=1S/C15H23N3O/c1-11-5-3-4-6-13(11)14(9-16)18(2)10-15(19)17-12-7-8-12/h3-6,12,14H,7-10,16H2,1-2H3,(H,17,19). The van der Waals surface area contributed by atoms with Crippen LogP contribution < -0.4 is 11.1 Å². The van der Waals surface area contributed by atoms with Crippen molar-refractivity contribution in [3.05, 3.63) is 35.4 Å². The quantitative estimate of drug-likeness (QED) is 0.809. The van der Waals surface area contributed by atoms with Gasteiger partial charge in [-0.1, -0.05) is 24.3 Å². The van der Waals surface area contributed by atoms with Crippen molar-refractivity contribution >= 4 is 5.91 Å². The van der Waals surface area contributed by atoms with Gasteiger partial charge in [0, 0.05) is 18.6 Å². The van der Waals surface area contributed by atoms with Gasteiger partial charge in [0.05, 0.1) is 6.54 Å². The van der Waals surface area contributed by atoms with Crippen LogP contribution in [0.2, 0.25) is 0 Å². The summed E-state index contributed by atoms with van der Waals surface area (Å²) in [5.74, 6) is 0.0945. The van der Waals surface area contributed by atoms with Gasteiger partial charge in [0.2, 0.25) is 5.91 Å². The Balaban J connectivity index is 1.99. The van der Waals surface area contributed by atoms with Crippen molar-refractivity contribution in [1.29, 1.82) is 0 Å². The zero-order valence-electron chi connectivity index (χ0n) is 11.7. The third-order valence-corrected chi connectivity index (χ3v) is 3.64. The van der Waals surface area contributed by atoms with Gasteiger partial charge in [0.25, 0.3) is 0 Å². The number of aryl methyl sites for hydroxylation is 1. The van der Waals surface area contributed by atoms with Gasteiger partial charge in [0.15, 0.2) is 0 Å². The molecule has 1 aliphatic carbocycles. The highest BCUT2D eigenvalue weighted by Gasteiger charge is 2.25. The van der Waals surface area contributed by atoms with Crippen LogP contribution in [0.1, 0.15) is 30.0 Å². The summed E-state index contributed by atoms with van der Waals surface area (Å²) in [5.41, 5.74) is 8.31. The molecule has 1 amide bonds. The first kappa shape index (κ1) is 14.0. The molecule has 1 aromatic rings. The van der Waals surface area contributed by atoms with E-state index in [9.17, 15) is 4.79 Å². The van der Waals surface area contributed by atoms with Crippen LogP contribution in [-0.2, 0) is 4.79 Å². The molecule has 0 radical (unpaired) electrons. The van der Waals surface area contributed by atoms with E-state index in [1.165, 1.54) is 11.1 Å². The van der Waals surface area contributed by atoms with Crippen LogP contribution in [-0.4, -0.2) is 37.0 Å². The summed E-state index contributed by atoms with van der Waals surface area (Å²) in [6.07, 6.45) is 2.24. The monoisotopic (exact) mass is 261 g/mol. The Kier molecular flexibility index (Phi) is 4.56. The molecule has 4 heteroatoms. The lowest BCUT2D eigenvalue weighted by Crippen LogP contribution is -2.40. The van der Waals surface area contributed by atoms with Gasteiger partial charge in [-0.25, -0.2) is 0 Å². The van der Waals surface area contributed by atoms with Crippen molar-refractivity contribution in [2.24, 2.45) is 5.73 Å². The molecule has 0 spiro atoms. The summed E-state index contributed by atoms with van der Waals surface area (Å²) in [6.45, 7) is 2.99. The van der Waals surface area contributed by atoms with Gasteiger partial charge in [-0.15, -0.1) is 0 Å². The lowest BCUT2D eigenvalue weighted by molar-refractivity contribution is -0.122. The second kappa shape index (κ2) is 6.17. The van der Waals surface area contributed by atoms with Crippen molar-refractivity contribution in [1.82, 2.24) is 10.2 Å². The molecule has 4 nitrogen and oxygen atoms in total. The van der Waals surface area contributed by atoms with E-state index in [1.54, 1.807) is 0 Å². The third kappa shape index (κ3) is 3.78. The Morgan fingerprint density at radius 3 is 2.74 bits per heavy atom. The fourth-order valence-corrected chi connectivity index (χ4v) is 2.34. The molecule has 19 heavy (non-hydrogen) atoms. The SMILES string of the molecule is Cc1ccccc1C(CN)N(C)CC(=O)NC1CC1. The fraction of sp³-hybridized carbons (Fsp3) is 0.533. The van der Waals surface area contributed by atoms with Crippen LogP contribution in [0.15, 0.2) is 24.3 Å². The van der Waals surface area contributed by atoms with Crippen LogP contribution in [0.3, 0.4) is 0 Å². The van der Waals surface area contributed by atoms with Gasteiger partial charge in [0.1, 0.15) is 0 Å². The average Bonchev–Trinajstić information content (AvgIpc) is 3.16. The molecule has 2 rings (SSSR count). The first-order valence-electron chi connectivity index (χ1n) is 6.87. The lowest BCUT2D eigenvalue weighted by Gasteiger charge is -2.28. The van der Waals surface area contributed by atoms with Crippen LogP contribution in [0.5, 0.6) is 0 Å². The maximum absolute atomic E-state index is 11.8. The number of amides is 1. The number of nitrogens with two attached hydrogens (primary N) is 1. The van der Waals surface area contributed by atoms with Gasteiger partial charge < -0.3 is 11.1 Å². The zero-order chi connectivity index (χ0) is 13.8. The van der Waals surface area contributed by atoms with E-state index in [4.69, 9.17) is 5.73 Å². The molecule has 0 heterocycles. The Morgan fingerprint density at radius 1 is 1.47 bits per heavy atom. The smallest absolute Gasteiger partial charge is 0.234 e. The first-order valence-corrected chi connectivity index (χ1v) is 6.87. The van der Waals surface area contributed by atoms with E-state index in [0.717, 1.165) is 12.8 Å². The van der Waals surface area contributed by atoms with Crippen LogP contribution in [0.4, 0.5) is 0 Å². The first-order chi connectivity index (χ1) is 9.11. The van der Waals surface area contributed by atoms with Crippen molar-refractivity contribution in [2.75, 3.05) is 20.1 Å². The minimum atomic E-state index is 0.0890. The average molecular weight is 261 g/mol. The molecule has 104 valence electrons. The van der Waals surface area contributed by atoms with Crippen molar-refractivity contribution < 1.29 is 4.79 Å². The summed E-state index contributed by atoms with van der Waals surface area (Å²) < 4.78 is 0. The van der Waals surface area contributed by atoms with E-state index >= 15 is 0 Å². The highest BCUT2D eigenvalue weighted by Crippen LogP contribution is 2.22. The molecular formula is C15H23N3O. The van der Waals surface area contributed by atoms with E-state index in [0.29, 0.717) is 19.1 Å². The number of hydrogen-bond donors (Lipinski definition) is 2. The number of nitrogens with one attached hydrogen (secondary N) is 1. The van der Waals surface area contributed by atoms with Crippen molar-refractivity contribution in [3.8, 4) is 0 Å². The zero-order valence-corrected chi connectivity index (χ0v) is 11.7. The normalized spacial score (nSPS) is 16.4. The molecule has 0 bridgehead atoms. The summed E-state index contributed by atoms with van der Waals surface area (Å²) in [6, 6.07) is 8.70. The number of likely N-dealkylation sites (N-methyl/N-ethyl adjacent to an activating group) is 1. The van der Waals surface area contributed by atoms with Crippen molar-refractivity contribution in [2.45, 2.75) is 31.8 Å². The molecule has 1 fully saturated rings. The number of carbonyl (C=O) groups excluding carboxylic acids is 1. The molecule has 0 aromatic heterocycles. The predicted octanol–water partition coefficient (Wildman–Crippen LogP) is 1.21. The molecule has 1 saturated carbocycles. The van der Waals surface area contributed by atoms with Crippen LogP contribution >= 0.6 is 0 Å². The number of carbonyl (C=O) groups is 1. The van der Waals surface area contributed by atoms with E-state index in [-0.39, 0.29) is 11.9 Å².